The molecule has 0 atom stereocenters. The van der Waals surface area contributed by atoms with Crippen LogP contribution in [0.1, 0.15) is 19.4 Å². The molecule has 1 aromatic heterocycles. The summed E-state index contributed by atoms with van der Waals surface area (Å²) in [6, 6.07) is 5.43. The maximum atomic E-state index is 9.49. The fourth-order valence-corrected chi connectivity index (χ4v) is 1.66. The number of thioether (sulfide) groups is 1. The Kier molecular flexibility index (Phi) is 3.50. The lowest BCUT2D eigenvalue weighted by Gasteiger charge is -2.15. The minimum atomic E-state index is -0.713. The van der Waals surface area contributed by atoms with Gasteiger partial charge in [0.2, 0.25) is 0 Å². The van der Waals surface area contributed by atoms with Crippen LogP contribution in [0.2, 0.25) is 0 Å². The second-order valence-corrected chi connectivity index (χ2v) is 4.59. The molecule has 0 fully saturated rings. The summed E-state index contributed by atoms with van der Waals surface area (Å²) in [5, 5.41) is 18.9. The van der Waals surface area contributed by atoms with Gasteiger partial charge in [0.1, 0.15) is 0 Å². The van der Waals surface area contributed by atoms with Gasteiger partial charge >= 0.3 is 0 Å². The van der Waals surface area contributed by atoms with Gasteiger partial charge in [-0.2, -0.15) is 5.26 Å². The molecule has 1 rings (SSSR count). The highest BCUT2D eigenvalue weighted by molar-refractivity contribution is 7.99. The molecule has 74 valence electrons. The van der Waals surface area contributed by atoms with Crippen molar-refractivity contribution in [2.45, 2.75) is 24.5 Å². The van der Waals surface area contributed by atoms with E-state index < -0.39 is 5.60 Å². The van der Waals surface area contributed by atoms with Crippen molar-refractivity contribution in [3.63, 3.8) is 0 Å². The molecule has 0 unspecified atom stereocenters. The largest absolute Gasteiger partial charge is 0.390 e. The van der Waals surface area contributed by atoms with Crippen LogP contribution in [0.5, 0.6) is 0 Å². The van der Waals surface area contributed by atoms with Crippen molar-refractivity contribution < 1.29 is 5.11 Å². The Balaban J connectivity index is 2.65. The molecule has 0 amide bonds. The standard InChI is InChI=1S/C10H12N2OS/c1-10(2,13)7-14-9-5-8(6-11)3-4-12-9/h3-5,13H,7H2,1-2H3. The summed E-state index contributed by atoms with van der Waals surface area (Å²) in [5.41, 5.74) is -0.118. The molecule has 0 spiro atoms. The van der Waals surface area contributed by atoms with Crippen molar-refractivity contribution in [3.05, 3.63) is 23.9 Å². The quantitative estimate of drug-likeness (QED) is 0.770. The Hall–Kier alpha value is -1.05. The van der Waals surface area contributed by atoms with E-state index in [-0.39, 0.29) is 0 Å². The summed E-state index contributed by atoms with van der Waals surface area (Å²) in [6.45, 7) is 3.49. The van der Waals surface area contributed by atoms with Crippen LogP contribution in [-0.2, 0) is 0 Å². The minimum Gasteiger partial charge on any atom is -0.390 e. The smallest absolute Gasteiger partial charge is 0.0993 e. The highest BCUT2D eigenvalue weighted by atomic mass is 32.2. The summed E-state index contributed by atoms with van der Waals surface area (Å²) in [5.74, 6) is 0.564. The van der Waals surface area contributed by atoms with Gasteiger partial charge in [0.05, 0.1) is 22.3 Å². The van der Waals surface area contributed by atoms with Crippen molar-refractivity contribution in [2.24, 2.45) is 0 Å². The Labute approximate surface area is 87.8 Å². The van der Waals surface area contributed by atoms with Crippen LogP contribution < -0.4 is 0 Å². The zero-order valence-electron chi connectivity index (χ0n) is 8.19. The average molecular weight is 208 g/mol. The molecule has 0 bridgehead atoms. The Morgan fingerprint density at radius 1 is 1.64 bits per heavy atom. The lowest BCUT2D eigenvalue weighted by atomic mass is 10.2. The van der Waals surface area contributed by atoms with Crippen LogP contribution in [-0.4, -0.2) is 21.4 Å². The lowest BCUT2D eigenvalue weighted by Crippen LogP contribution is -2.21. The van der Waals surface area contributed by atoms with Crippen molar-refractivity contribution in [1.29, 1.82) is 5.26 Å². The first-order valence-electron chi connectivity index (χ1n) is 4.22. The summed E-state index contributed by atoms with van der Waals surface area (Å²) < 4.78 is 0. The number of pyridine rings is 1. The molecule has 0 aliphatic heterocycles. The van der Waals surface area contributed by atoms with Gasteiger partial charge in [-0.05, 0) is 26.0 Å². The third-order valence-corrected chi connectivity index (χ3v) is 2.81. The first-order valence-corrected chi connectivity index (χ1v) is 5.21. The maximum absolute atomic E-state index is 9.49. The van der Waals surface area contributed by atoms with E-state index in [1.54, 1.807) is 32.2 Å². The van der Waals surface area contributed by atoms with Crippen molar-refractivity contribution in [1.82, 2.24) is 4.98 Å². The molecule has 1 N–H and O–H groups in total. The minimum absolute atomic E-state index is 0.564. The van der Waals surface area contributed by atoms with Crippen molar-refractivity contribution >= 4 is 11.8 Å². The molecule has 1 aromatic rings. The van der Waals surface area contributed by atoms with Crippen LogP contribution in [0.4, 0.5) is 0 Å². The van der Waals surface area contributed by atoms with Gasteiger partial charge in [-0.1, -0.05) is 0 Å². The van der Waals surface area contributed by atoms with Crippen molar-refractivity contribution in [2.75, 3.05) is 5.75 Å². The van der Waals surface area contributed by atoms with E-state index in [1.807, 2.05) is 6.07 Å². The average Bonchev–Trinajstić information content (AvgIpc) is 2.14. The lowest BCUT2D eigenvalue weighted by molar-refractivity contribution is 0.107. The highest BCUT2D eigenvalue weighted by Crippen LogP contribution is 2.20. The SMILES string of the molecule is CC(C)(O)CSc1cc(C#N)ccn1. The van der Waals surface area contributed by atoms with Gasteiger partial charge in [0.15, 0.2) is 0 Å². The fraction of sp³-hybridized carbons (Fsp3) is 0.400. The fourth-order valence-electron chi connectivity index (χ4n) is 0.808. The van der Waals surface area contributed by atoms with E-state index in [0.717, 1.165) is 5.03 Å². The van der Waals surface area contributed by atoms with E-state index in [0.29, 0.717) is 11.3 Å². The van der Waals surface area contributed by atoms with Crippen LogP contribution in [0.3, 0.4) is 0 Å². The second-order valence-electron chi connectivity index (χ2n) is 3.60. The first kappa shape index (κ1) is 11.0. The molecule has 0 radical (unpaired) electrons. The summed E-state index contributed by atoms with van der Waals surface area (Å²) in [7, 11) is 0. The van der Waals surface area contributed by atoms with Gasteiger partial charge in [-0.3, -0.25) is 0 Å². The number of aliphatic hydroxyl groups is 1. The van der Waals surface area contributed by atoms with Gasteiger partial charge in [0.25, 0.3) is 0 Å². The Morgan fingerprint density at radius 3 is 2.93 bits per heavy atom. The predicted molar refractivity (Wildman–Crippen MR) is 56.0 cm³/mol. The normalized spacial score (nSPS) is 11.0. The molecule has 14 heavy (non-hydrogen) atoms. The van der Waals surface area contributed by atoms with Crippen LogP contribution >= 0.6 is 11.8 Å². The van der Waals surface area contributed by atoms with E-state index in [9.17, 15) is 5.11 Å². The van der Waals surface area contributed by atoms with Crippen LogP contribution in [0.25, 0.3) is 0 Å². The maximum Gasteiger partial charge on any atom is 0.0993 e. The highest BCUT2D eigenvalue weighted by Gasteiger charge is 2.13. The molecule has 0 aromatic carbocycles. The molecular weight excluding hydrogens is 196 g/mol. The number of rotatable bonds is 3. The molecule has 0 aliphatic carbocycles. The zero-order valence-corrected chi connectivity index (χ0v) is 9.01. The number of hydrogen-bond donors (Lipinski definition) is 1. The van der Waals surface area contributed by atoms with Crippen LogP contribution in [0, 0.1) is 11.3 Å². The van der Waals surface area contributed by atoms with Crippen molar-refractivity contribution in [3.8, 4) is 6.07 Å². The van der Waals surface area contributed by atoms with Crippen LogP contribution in [0.15, 0.2) is 23.4 Å². The number of aromatic nitrogens is 1. The number of nitriles is 1. The monoisotopic (exact) mass is 208 g/mol. The molecule has 4 heteroatoms. The third kappa shape index (κ3) is 3.77. The predicted octanol–water partition coefficient (Wildman–Crippen LogP) is 1.82. The molecular formula is C10H12N2OS. The molecule has 0 aliphatic rings. The molecule has 0 saturated carbocycles. The first-order chi connectivity index (χ1) is 6.51. The summed E-state index contributed by atoms with van der Waals surface area (Å²) in [6.07, 6.45) is 1.60. The number of nitrogens with zero attached hydrogens (tertiary/aromatic N) is 2. The van der Waals surface area contributed by atoms with Gasteiger partial charge < -0.3 is 5.11 Å². The summed E-state index contributed by atoms with van der Waals surface area (Å²) in [4.78, 5) is 4.09. The van der Waals surface area contributed by atoms with E-state index in [4.69, 9.17) is 5.26 Å². The van der Waals surface area contributed by atoms with E-state index in [1.165, 1.54) is 11.8 Å². The second kappa shape index (κ2) is 4.45. The molecule has 1 heterocycles. The van der Waals surface area contributed by atoms with Gasteiger partial charge in [0, 0.05) is 11.9 Å². The molecule has 3 nitrogen and oxygen atoms in total. The molecule has 0 saturated heterocycles. The summed E-state index contributed by atoms with van der Waals surface area (Å²) >= 11 is 1.44. The van der Waals surface area contributed by atoms with Gasteiger partial charge in [-0.25, -0.2) is 4.98 Å². The topological polar surface area (TPSA) is 56.9 Å². The number of hydrogen-bond acceptors (Lipinski definition) is 4. The van der Waals surface area contributed by atoms with E-state index in [2.05, 4.69) is 4.98 Å². The van der Waals surface area contributed by atoms with Gasteiger partial charge in [-0.15, -0.1) is 11.8 Å². The Morgan fingerprint density at radius 2 is 2.36 bits per heavy atom. The van der Waals surface area contributed by atoms with E-state index >= 15 is 0 Å². The Bertz CT molecular complexity index is 352. The third-order valence-electron chi connectivity index (χ3n) is 1.44. The zero-order chi connectivity index (χ0) is 10.6.